The molecule has 0 atom stereocenters. The average molecular weight is 400 g/mol. The van der Waals surface area contributed by atoms with E-state index < -0.39 is 11.9 Å². The Kier molecular flexibility index (Phi) is 7.31. The molecule has 0 bridgehead atoms. The molecule has 0 aliphatic heterocycles. The molecular weight excluding hydrogens is 387 g/mol. The minimum absolute atomic E-state index is 0.0279. The van der Waals surface area contributed by atoms with Gasteiger partial charge in [-0.1, -0.05) is 65.1 Å². The maximum atomic E-state index is 11.7. The summed E-state index contributed by atoms with van der Waals surface area (Å²) in [5.41, 5.74) is 1.05. The van der Waals surface area contributed by atoms with Crippen molar-refractivity contribution in [3.63, 3.8) is 0 Å². The first-order valence-corrected chi connectivity index (χ1v) is 8.34. The van der Waals surface area contributed by atoms with E-state index in [4.69, 9.17) is 44.3 Å². The molecule has 0 aliphatic rings. The van der Waals surface area contributed by atoms with Crippen LogP contribution in [0.1, 0.15) is 5.56 Å². The molecule has 0 aliphatic carbocycles. The van der Waals surface area contributed by atoms with Crippen molar-refractivity contribution in [1.29, 1.82) is 0 Å². The van der Waals surface area contributed by atoms with Crippen LogP contribution in [0.4, 0.5) is 0 Å². The smallest absolute Gasteiger partial charge is 0.336 e. The lowest BCUT2D eigenvalue weighted by Gasteiger charge is -2.06. The van der Waals surface area contributed by atoms with Crippen molar-refractivity contribution in [1.82, 2.24) is 0 Å². The number of rotatable bonds is 6. The molecule has 0 unspecified atom stereocenters. The first kappa shape index (κ1) is 19.3. The molecule has 2 rings (SSSR count). The standard InChI is InChI=1S/C18H13Cl3O4/c19-13-10-14(20)18(15(21)11-13)25-17(23)7-6-16(22)24-9-8-12-4-2-1-3-5-12/h1-7,10-11H,8-9H2/b7-6+. The summed E-state index contributed by atoms with van der Waals surface area (Å²) in [5.74, 6) is -1.49. The summed E-state index contributed by atoms with van der Waals surface area (Å²) in [4.78, 5) is 23.3. The highest BCUT2D eigenvalue weighted by atomic mass is 35.5. The van der Waals surface area contributed by atoms with Gasteiger partial charge in [0.2, 0.25) is 0 Å². The molecule has 2 aromatic rings. The lowest BCUT2D eigenvalue weighted by molar-refractivity contribution is -0.138. The Bertz CT molecular complexity index is 765. The van der Waals surface area contributed by atoms with Gasteiger partial charge in [0.25, 0.3) is 0 Å². The molecule has 0 aromatic heterocycles. The number of carbonyl (C=O) groups is 2. The zero-order chi connectivity index (χ0) is 18.2. The van der Waals surface area contributed by atoms with Crippen LogP contribution in [-0.2, 0) is 20.7 Å². The van der Waals surface area contributed by atoms with E-state index in [0.29, 0.717) is 11.4 Å². The second-order valence-electron chi connectivity index (χ2n) is 4.86. The number of halogens is 3. The van der Waals surface area contributed by atoms with Crippen molar-refractivity contribution in [3.8, 4) is 5.75 Å². The molecule has 0 saturated carbocycles. The third kappa shape index (κ3) is 6.42. The van der Waals surface area contributed by atoms with Gasteiger partial charge < -0.3 is 9.47 Å². The second kappa shape index (κ2) is 9.47. The monoisotopic (exact) mass is 398 g/mol. The zero-order valence-corrected chi connectivity index (χ0v) is 15.1. The SMILES string of the molecule is O=C(/C=C/C(=O)Oc1c(Cl)cc(Cl)cc1Cl)OCCc1ccccc1. The average Bonchev–Trinajstić information content (AvgIpc) is 2.57. The number of ether oxygens (including phenoxy) is 2. The van der Waals surface area contributed by atoms with Crippen LogP contribution in [0.3, 0.4) is 0 Å². The van der Waals surface area contributed by atoms with Crippen LogP contribution >= 0.6 is 34.8 Å². The normalized spacial score (nSPS) is 10.7. The fourth-order valence-electron chi connectivity index (χ4n) is 1.86. The first-order valence-electron chi connectivity index (χ1n) is 7.21. The highest BCUT2D eigenvalue weighted by Gasteiger charge is 2.12. The third-order valence-electron chi connectivity index (χ3n) is 3.00. The van der Waals surface area contributed by atoms with E-state index in [-0.39, 0.29) is 22.4 Å². The lowest BCUT2D eigenvalue weighted by atomic mass is 10.2. The molecule has 0 spiro atoms. The van der Waals surface area contributed by atoms with E-state index in [0.717, 1.165) is 17.7 Å². The summed E-state index contributed by atoms with van der Waals surface area (Å²) in [6.45, 7) is 0.205. The molecule has 0 fully saturated rings. The number of hydrogen-bond donors (Lipinski definition) is 0. The largest absolute Gasteiger partial charge is 0.462 e. The van der Waals surface area contributed by atoms with E-state index >= 15 is 0 Å². The lowest BCUT2D eigenvalue weighted by Crippen LogP contribution is -2.08. The fourth-order valence-corrected chi connectivity index (χ4v) is 2.75. The fraction of sp³-hybridized carbons (Fsp3) is 0.111. The van der Waals surface area contributed by atoms with Crippen molar-refractivity contribution in [2.75, 3.05) is 6.61 Å². The van der Waals surface area contributed by atoms with E-state index in [9.17, 15) is 9.59 Å². The molecular formula is C18H13Cl3O4. The highest BCUT2D eigenvalue weighted by molar-refractivity contribution is 6.40. The number of benzene rings is 2. The molecule has 25 heavy (non-hydrogen) atoms. The molecule has 130 valence electrons. The van der Waals surface area contributed by atoms with E-state index in [1.165, 1.54) is 12.1 Å². The van der Waals surface area contributed by atoms with E-state index in [2.05, 4.69) is 0 Å². The molecule has 0 amide bonds. The summed E-state index contributed by atoms with van der Waals surface area (Å²) in [5, 5.41) is 0.488. The summed E-state index contributed by atoms with van der Waals surface area (Å²) >= 11 is 17.6. The van der Waals surface area contributed by atoms with Crippen LogP contribution in [0.25, 0.3) is 0 Å². The summed E-state index contributed by atoms with van der Waals surface area (Å²) in [7, 11) is 0. The Morgan fingerprint density at radius 2 is 1.52 bits per heavy atom. The van der Waals surface area contributed by atoms with Gasteiger partial charge in [0.15, 0.2) is 5.75 Å². The van der Waals surface area contributed by atoms with Gasteiger partial charge in [-0.25, -0.2) is 9.59 Å². The van der Waals surface area contributed by atoms with Crippen molar-refractivity contribution in [2.24, 2.45) is 0 Å². The molecule has 0 radical (unpaired) electrons. The summed E-state index contributed by atoms with van der Waals surface area (Å²) in [6, 6.07) is 12.4. The van der Waals surface area contributed by atoms with Crippen molar-refractivity contribution >= 4 is 46.7 Å². The van der Waals surface area contributed by atoms with Gasteiger partial charge in [-0.3, -0.25) is 0 Å². The molecule has 0 N–H and O–H groups in total. The Hall–Kier alpha value is -2.01. The second-order valence-corrected chi connectivity index (χ2v) is 6.11. The minimum atomic E-state index is -0.814. The van der Waals surface area contributed by atoms with Crippen molar-refractivity contribution in [3.05, 3.63) is 75.2 Å². The third-order valence-corrected chi connectivity index (χ3v) is 3.78. The van der Waals surface area contributed by atoms with Gasteiger partial charge in [-0.2, -0.15) is 0 Å². The van der Waals surface area contributed by atoms with Crippen LogP contribution in [0.15, 0.2) is 54.6 Å². The van der Waals surface area contributed by atoms with Crippen LogP contribution < -0.4 is 4.74 Å². The minimum Gasteiger partial charge on any atom is -0.462 e. The molecule has 4 nitrogen and oxygen atoms in total. The predicted molar refractivity (Wildman–Crippen MR) is 97.4 cm³/mol. The maximum absolute atomic E-state index is 11.7. The predicted octanol–water partition coefficient (Wildman–Crippen LogP) is 4.89. The van der Waals surface area contributed by atoms with Gasteiger partial charge in [0, 0.05) is 23.6 Å². The van der Waals surface area contributed by atoms with Gasteiger partial charge in [-0.05, 0) is 17.7 Å². The Balaban J connectivity index is 1.82. The highest BCUT2D eigenvalue weighted by Crippen LogP contribution is 2.35. The first-order chi connectivity index (χ1) is 12.0. The van der Waals surface area contributed by atoms with E-state index in [1.807, 2.05) is 30.3 Å². The summed E-state index contributed by atoms with van der Waals surface area (Å²) in [6.07, 6.45) is 2.50. The Labute approximate surface area is 159 Å². The Morgan fingerprint density at radius 3 is 2.16 bits per heavy atom. The number of esters is 2. The quantitative estimate of drug-likeness (QED) is 0.394. The van der Waals surface area contributed by atoms with Crippen molar-refractivity contribution < 1.29 is 19.1 Å². The molecule has 0 saturated heterocycles. The molecule has 7 heteroatoms. The van der Waals surface area contributed by atoms with Gasteiger partial charge in [0.1, 0.15) is 0 Å². The molecule has 2 aromatic carbocycles. The number of carbonyl (C=O) groups excluding carboxylic acids is 2. The van der Waals surface area contributed by atoms with Crippen LogP contribution in [0, 0.1) is 0 Å². The van der Waals surface area contributed by atoms with E-state index in [1.54, 1.807) is 0 Å². The van der Waals surface area contributed by atoms with Crippen LogP contribution in [0.2, 0.25) is 15.1 Å². The topological polar surface area (TPSA) is 52.6 Å². The number of hydrogen-bond acceptors (Lipinski definition) is 4. The van der Waals surface area contributed by atoms with Crippen molar-refractivity contribution in [2.45, 2.75) is 6.42 Å². The van der Waals surface area contributed by atoms with Crippen LogP contribution in [0.5, 0.6) is 5.75 Å². The summed E-state index contributed by atoms with van der Waals surface area (Å²) < 4.78 is 10.0. The maximum Gasteiger partial charge on any atom is 0.336 e. The zero-order valence-electron chi connectivity index (χ0n) is 12.9. The van der Waals surface area contributed by atoms with Crippen LogP contribution in [-0.4, -0.2) is 18.5 Å². The molecule has 0 heterocycles. The van der Waals surface area contributed by atoms with Gasteiger partial charge in [0.05, 0.1) is 16.7 Å². The van der Waals surface area contributed by atoms with Gasteiger partial charge >= 0.3 is 11.9 Å². The Morgan fingerprint density at radius 1 is 0.920 bits per heavy atom. The van der Waals surface area contributed by atoms with Gasteiger partial charge in [-0.15, -0.1) is 0 Å².